The molecule has 0 N–H and O–H groups in total. The number of rotatable bonds is 7. The van der Waals surface area contributed by atoms with Gasteiger partial charge >= 0.3 is 5.97 Å². The number of carbonyl (C=O) groups is 2. The zero-order valence-electron chi connectivity index (χ0n) is 15.2. The van der Waals surface area contributed by atoms with Gasteiger partial charge in [-0.3, -0.25) is 9.59 Å². The van der Waals surface area contributed by atoms with Gasteiger partial charge in [0, 0.05) is 11.9 Å². The minimum atomic E-state index is -0.452. The summed E-state index contributed by atoms with van der Waals surface area (Å²) in [6.45, 7) is 2.22. The van der Waals surface area contributed by atoms with E-state index in [-0.39, 0.29) is 18.9 Å². The zero-order chi connectivity index (χ0) is 19.2. The number of esters is 1. The summed E-state index contributed by atoms with van der Waals surface area (Å²) >= 11 is 1.42. The fourth-order valence-electron chi connectivity index (χ4n) is 2.61. The van der Waals surface area contributed by atoms with Gasteiger partial charge in [0.1, 0.15) is 6.54 Å². The number of thiazole rings is 1. The Morgan fingerprint density at radius 1 is 1.22 bits per heavy atom. The van der Waals surface area contributed by atoms with E-state index < -0.39 is 5.97 Å². The first kappa shape index (κ1) is 18.8. The zero-order valence-corrected chi connectivity index (χ0v) is 16.0. The quantitative estimate of drug-likeness (QED) is 0.584. The lowest BCUT2D eigenvalue weighted by Gasteiger charge is -2.22. The normalized spacial score (nSPS) is 10.6. The number of amides is 1. The fourth-order valence-corrected chi connectivity index (χ4v) is 3.40. The maximum atomic E-state index is 12.8. The summed E-state index contributed by atoms with van der Waals surface area (Å²) in [5.41, 5.74) is 2.70. The molecule has 0 unspecified atom stereocenters. The summed E-state index contributed by atoms with van der Waals surface area (Å²) in [5.74, 6) is 0.0384. The lowest BCUT2D eigenvalue weighted by molar-refractivity contribution is -0.147. The minimum Gasteiger partial charge on any atom is -0.468 e. The molecule has 0 atom stereocenters. The molecule has 0 fully saturated rings. The Kier molecular flexibility index (Phi) is 6.03. The van der Waals surface area contributed by atoms with E-state index in [9.17, 15) is 9.59 Å². The molecule has 2 aromatic heterocycles. The second-order valence-electron chi connectivity index (χ2n) is 6.05. The van der Waals surface area contributed by atoms with E-state index in [4.69, 9.17) is 9.15 Å². The van der Waals surface area contributed by atoms with Crippen molar-refractivity contribution in [3.63, 3.8) is 0 Å². The van der Waals surface area contributed by atoms with Crippen molar-refractivity contribution in [2.75, 3.05) is 13.7 Å². The molecular weight excluding hydrogens is 364 g/mol. The molecule has 27 heavy (non-hydrogen) atoms. The summed E-state index contributed by atoms with van der Waals surface area (Å²) in [4.78, 5) is 30.6. The van der Waals surface area contributed by atoms with Crippen molar-refractivity contribution in [3.8, 4) is 10.8 Å². The van der Waals surface area contributed by atoms with Crippen LogP contribution < -0.4 is 0 Å². The first-order valence-electron chi connectivity index (χ1n) is 8.44. The molecular formula is C20H20N2O4S. The fraction of sp³-hybridized carbons (Fsp3) is 0.250. The number of carbonyl (C=O) groups excluding carboxylic acids is 2. The van der Waals surface area contributed by atoms with Gasteiger partial charge in [-0.2, -0.15) is 0 Å². The second-order valence-corrected chi connectivity index (χ2v) is 6.91. The van der Waals surface area contributed by atoms with Crippen molar-refractivity contribution in [1.82, 2.24) is 9.88 Å². The van der Waals surface area contributed by atoms with Gasteiger partial charge in [0.15, 0.2) is 10.8 Å². The van der Waals surface area contributed by atoms with Crippen LogP contribution in [-0.2, 0) is 27.3 Å². The van der Waals surface area contributed by atoms with Crippen LogP contribution in [0.15, 0.2) is 52.5 Å². The molecule has 7 heteroatoms. The van der Waals surface area contributed by atoms with E-state index in [1.54, 1.807) is 12.3 Å². The van der Waals surface area contributed by atoms with E-state index in [1.165, 1.54) is 23.3 Å². The number of aryl methyl sites for hydroxylation is 1. The van der Waals surface area contributed by atoms with Crippen LogP contribution in [0.3, 0.4) is 0 Å². The van der Waals surface area contributed by atoms with Crippen molar-refractivity contribution >= 4 is 23.2 Å². The molecule has 1 aromatic carbocycles. The Balaban J connectivity index is 1.74. The molecule has 0 aliphatic rings. The highest BCUT2D eigenvalue weighted by molar-refractivity contribution is 7.13. The van der Waals surface area contributed by atoms with Crippen LogP contribution in [0.5, 0.6) is 0 Å². The third kappa shape index (κ3) is 4.83. The van der Waals surface area contributed by atoms with Crippen LogP contribution in [-0.4, -0.2) is 35.4 Å². The predicted molar refractivity (Wildman–Crippen MR) is 102 cm³/mol. The van der Waals surface area contributed by atoms with Gasteiger partial charge in [0.2, 0.25) is 5.91 Å². The average molecular weight is 384 g/mol. The van der Waals surface area contributed by atoms with Gasteiger partial charge in [0.05, 0.1) is 25.5 Å². The standard InChI is InChI=1S/C20H20N2O4S/c1-14-6-3-4-7-15(14)11-22(12-19(24)25-2)18(23)10-16-13-27-20(21-16)17-8-5-9-26-17/h3-9,13H,10-12H2,1-2H3. The SMILES string of the molecule is COC(=O)CN(Cc1ccccc1C)C(=O)Cc1csc(-c2ccco2)n1. The Labute approximate surface area is 161 Å². The molecule has 2 heterocycles. The molecule has 6 nitrogen and oxygen atoms in total. The Morgan fingerprint density at radius 2 is 2.04 bits per heavy atom. The van der Waals surface area contributed by atoms with Crippen LogP contribution in [0.25, 0.3) is 10.8 Å². The van der Waals surface area contributed by atoms with E-state index in [1.807, 2.05) is 42.6 Å². The van der Waals surface area contributed by atoms with E-state index in [2.05, 4.69) is 4.98 Å². The smallest absolute Gasteiger partial charge is 0.325 e. The van der Waals surface area contributed by atoms with Gasteiger partial charge < -0.3 is 14.1 Å². The van der Waals surface area contributed by atoms with Crippen molar-refractivity contribution in [2.24, 2.45) is 0 Å². The Hall–Kier alpha value is -2.93. The summed E-state index contributed by atoms with van der Waals surface area (Å²) in [6, 6.07) is 11.4. The van der Waals surface area contributed by atoms with Gasteiger partial charge in [-0.15, -0.1) is 11.3 Å². The number of aromatic nitrogens is 1. The van der Waals surface area contributed by atoms with Gasteiger partial charge in [0.25, 0.3) is 0 Å². The Morgan fingerprint density at radius 3 is 2.74 bits per heavy atom. The first-order valence-corrected chi connectivity index (χ1v) is 9.32. The van der Waals surface area contributed by atoms with Crippen molar-refractivity contribution in [2.45, 2.75) is 19.9 Å². The molecule has 0 bridgehead atoms. The van der Waals surface area contributed by atoms with E-state index >= 15 is 0 Å². The first-order chi connectivity index (χ1) is 13.1. The maximum Gasteiger partial charge on any atom is 0.325 e. The van der Waals surface area contributed by atoms with Crippen LogP contribution >= 0.6 is 11.3 Å². The molecule has 140 valence electrons. The lowest BCUT2D eigenvalue weighted by atomic mass is 10.1. The molecule has 0 aliphatic heterocycles. The summed E-state index contributed by atoms with van der Waals surface area (Å²) in [5, 5.41) is 2.56. The Bertz CT molecular complexity index is 918. The number of methoxy groups -OCH3 is 1. The van der Waals surface area contributed by atoms with Gasteiger partial charge in [-0.05, 0) is 30.2 Å². The second kappa shape index (κ2) is 8.64. The highest BCUT2D eigenvalue weighted by Crippen LogP contribution is 2.24. The number of hydrogen-bond donors (Lipinski definition) is 0. The number of benzene rings is 1. The summed E-state index contributed by atoms with van der Waals surface area (Å²) in [7, 11) is 1.31. The number of furan rings is 1. The molecule has 3 aromatic rings. The average Bonchev–Trinajstić information content (AvgIpc) is 3.34. The predicted octanol–water partition coefficient (Wildman–Crippen LogP) is 3.46. The lowest BCUT2D eigenvalue weighted by Crippen LogP contribution is -2.37. The molecule has 0 spiro atoms. The van der Waals surface area contributed by atoms with Crippen LogP contribution in [0.1, 0.15) is 16.8 Å². The summed E-state index contributed by atoms with van der Waals surface area (Å²) < 4.78 is 10.1. The third-order valence-corrected chi connectivity index (χ3v) is 5.04. The topological polar surface area (TPSA) is 72.6 Å². The van der Waals surface area contributed by atoms with Crippen LogP contribution in [0, 0.1) is 6.92 Å². The van der Waals surface area contributed by atoms with Gasteiger partial charge in [-0.25, -0.2) is 4.98 Å². The number of hydrogen-bond acceptors (Lipinski definition) is 6. The minimum absolute atomic E-state index is 0.0984. The molecule has 1 amide bonds. The number of nitrogens with zero attached hydrogens (tertiary/aromatic N) is 2. The van der Waals surface area contributed by atoms with Crippen molar-refractivity contribution in [3.05, 3.63) is 64.9 Å². The molecule has 0 saturated heterocycles. The maximum absolute atomic E-state index is 12.8. The third-order valence-electron chi connectivity index (χ3n) is 4.14. The molecule has 0 radical (unpaired) electrons. The van der Waals surface area contributed by atoms with Crippen molar-refractivity contribution < 1.29 is 18.7 Å². The number of ether oxygens (including phenoxy) is 1. The van der Waals surface area contributed by atoms with Crippen LogP contribution in [0.4, 0.5) is 0 Å². The molecule has 3 rings (SSSR count). The van der Waals surface area contributed by atoms with Crippen LogP contribution in [0.2, 0.25) is 0 Å². The monoisotopic (exact) mass is 384 g/mol. The highest BCUT2D eigenvalue weighted by Gasteiger charge is 2.20. The summed E-state index contributed by atoms with van der Waals surface area (Å²) in [6.07, 6.45) is 1.70. The van der Waals surface area contributed by atoms with E-state index in [0.717, 1.165) is 16.1 Å². The van der Waals surface area contributed by atoms with E-state index in [0.29, 0.717) is 18.0 Å². The molecule has 0 saturated carbocycles. The largest absolute Gasteiger partial charge is 0.468 e. The van der Waals surface area contributed by atoms with Gasteiger partial charge in [-0.1, -0.05) is 24.3 Å². The molecule has 0 aliphatic carbocycles. The highest BCUT2D eigenvalue weighted by atomic mass is 32.1. The van der Waals surface area contributed by atoms with Crippen molar-refractivity contribution in [1.29, 1.82) is 0 Å².